The molecule has 7 heteroatoms. The molecule has 0 unspecified atom stereocenters. The van der Waals surface area contributed by atoms with Crippen molar-refractivity contribution in [3.8, 4) is 5.75 Å². The first-order chi connectivity index (χ1) is 11.7. The molecule has 0 bridgehead atoms. The van der Waals surface area contributed by atoms with Crippen molar-refractivity contribution in [3.05, 3.63) is 54.0 Å². The molecule has 2 amide bonds. The van der Waals surface area contributed by atoms with Crippen LogP contribution in [0.2, 0.25) is 0 Å². The molecule has 2 aromatic rings. The van der Waals surface area contributed by atoms with Crippen LogP contribution in [0.3, 0.4) is 0 Å². The van der Waals surface area contributed by atoms with Crippen molar-refractivity contribution >= 4 is 18.0 Å². The van der Waals surface area contributed by atoms with E-state index in [4.69, 9.17) is 9.15 Å². The van der Waals surface area contributed by atoms with Gasteiger partial charge in [-0.15, -0.1) is 0 Å². The fourth-order valence-corrected chi connectivity index (χ4v) is 1.75. The van der Waals surface area contributed by atoms with Gasteiger partial charge in [-0.2, -0.15) is 5.10 Å². The summed E-state index contributed by atoms with van der Waals surface area (Å²) in [5.74, 6) is -0.298. The van der Waals surface area contributed by atoms with Gasteiger partial charge in [0.25, 0.3) is 0 Å². The first-order valence-electron chi connectivity index (χ1n) is 7.55. The summed E-state index contributed by atoms with van der Waals surface area (Å²) in [6, 6.07) is 10.6. The first-order valence-corrected chi connectivity index (χ1v) is 7.55. The third kappa shape index (κ3) is 5.60. The van der Waals surface area contributed by atoms with E-state index in [9.17, 15) is 9.59 Å². The van der Waals surface area contributed by atoms with Crippen LogP contribution in [0.25, 0.3) is 0 Å². The third-order valence-electron chi connectivity index (χ3n) is 2.94. The topological polar surface area (TPSA) is 92.9 Å². The Morgan fingerprint density at radius 2 is 2.00 bits per heavy atom. The van der Waals surface area contributed by atoms with Crippen LogP contribution in [-0.2, 0) is 16.1 Å². The summed E-state index contributed by atoms with van der Waals surface area (Å²) in [5.41, 5.74) is 2.94. The Kier molecular flexibility index (Phi) is 6.58. The third-order valence-corrected chi connectivity index (χ3v) is 2.94. The summed E-state index contributed by atoms with van der Waals surface area (Å²) in [6.07, 6.45) is 3.88. The van der Waals surface area contributed by atoms with E-state index in [1.54, 1.807) is 24.3 Å². The summed E-state index contributed by atoms with van der Waals surface area (Å²) < 4.78 is 10.5. The lowest BCUT2D eigenvalue weighted by Crippen LogP contribution is -2.37. The maximum Gasteiger partial charge on any atom is 0.329 e. The van der Waals surface area contributed by atoms with Crippen molar-refractivity contribution in [1.82, 2.24) is 10.7 Å². The number of nitrogens with zero attached hydrogens (tertiary/aromatic N) is 1. The van der Waals surface area contributed by atoms with Gasteiger partial charge in [-0.1, -0.05) is 6.92 Å². The number of benzene rings is 1. The Morgan fingerprint density at radius 1 is 1.21 bits per heavy atom. The maximum absolute atomic E-state index is 11.6. The van der Waals surface area contributed by atoms with Gasteiger partial charge < -0.3 is 14.5 Å². The molecular formula is C17H19N3O4. The Labute approximate surface area is 139 Å². The number of furan rings is 1. The van der Waals surface area contributed by atoms with Crippen molar-refractivity contribution in [2.24, 2.45) is 5.10 Å². The SMILES string of the molecule is CCCOc1ccc(/C=N\NC(=O)C(=O)NCc2ccco2)cc1. The summed E-state index contributed by atoms with van der Waals surface area (Å²) >= 11 is 0. The lowest BCUT2D eigenvalue weighted by molar-refractivity contribution is -0.139. The summed E-state index contributed by atoms with van der Waals surface area (Å²) in [6.45, 7) is 2.84. The summed E-state index contributed by atoms with van der Waals surface area (Å²) in [5, 5.41) is 6.18. The van der Waals surface area contributed by atoms with E-state index in [1.165, 1.54) is 12.5 Å². The first kappa shape index (κ1) is 17.3. The van der Waals surface area contributed by atoms with Gasteiger partial charge in [-0.05, 0) is 48.4 Å². The smallest absolute Gasteiger partial charge is 0.329 e. The van der Waals surface area contributed by atoms with Gasteiger partial charge >= 0.3 is 11.8 Å². The van der Waals surface area contributed by atoms with E-state index < -0.39 is 11.8 Å². The van der Waals surface area contributed by atoms with Crippen LogP contribution in [0.5, 0.6) is 5.75 Å². The highest BCUT2D eigenvalue weighted by Crippen LogP contribution is 2.11. The standard InChI is InChI=1S/C17H19N3O4/c1-2-9-23-14-7-5-13(6-8-14)11-19-20-17(22)16(21)18-12-15-4-3-10-24-15/h3-8,10-11H,2,9,12H2,1H3,(H,18,21)(H,20,22)/b19-11-. The minimum absolute atomic E-state index is 0.141. The van der Waals surface area contributed by atoms with Crippen LogP contribution in [0, 0.1) is 0 Å². The molecule has 0 fully saturated rings. The van der Waals surface area contributed by atoms with Crippen LogP contribution in [0.15, 0.2) is 52.2 Å². The van der Waals surface area contributed by atoms with Crippen LogP contribution in [0.4, 0.5) is 0 Å². The normalized spacial score (nSPS) is 10.5. The van der Waals surface area contributed by atoms with Crippen LogP contribution in [0.1, 0.15) is 24.7 Å². The molecule has 0 saturated heterocycles. The molecule has 0 atom stereocenters. The number of hydrogen-bond acceptors (Lipinski definition) is 5. The van der Waals surface area contributed by atoms with Gasteiger partial charge in [-0.25, -0.2) is 5.43 Å². The summed E-state index contributed by atoms with van der Waals surface area (Å²) in [4.78, 5) is 23.1. The molecule has 0 aliphatic heterocycles. The molecule has 1 aromatic heterocycles. The average molecular weight is 329 g/mol. The minimum atomic E-state index is -0.847. The maximum atomic E-state index is 11.6. The monoisotopic (exact) mass is 329 g/mol. The number of rotatable bonds is 7. The van der Waals surface area contributed by atoms with Crippen LogP contribution in [-0.4, -0.2) is 24.6 Å². The van der Waals surface area contributed by atoms with Crippen molar-refractivity contribution in [2.75, 3.05) is 6.61 Å². The molecule has 0 aliphatic carbocycles. The average Bonchev–Trinajstić information content (AvgIpc) is 3.12. The zero-order valence-electron chi connectivity index (χ0n) is 13.3. The van der Waals surface area contributed by atoms with E-state index in [0.29, 0.717) is 12.4 Å². The summed E-state index contributed by atoms with van der Waals surface area (Å²) in [7, 11) is 0. The van der Waals surface area contributed by atoms with E-state index in [0.717, 1.165) is 17.7 Å². The second-order valence-electron chi connectivity index (χ2n) is 4.88. The zero-order chi connectivity index (χ0) is 17.2. The van der Waals surface area contributed by atoms with E-state index in [-0.39, 0.29) is 6.54 Å². The molecule has 24 heavy (non-hydrogen) atoms. The van der Waals surface area contributed by atoms with Crippen molar-refractivity contribution in [2.45, 2.75) is 19.9 Å². The molecule has 0 aliphatic rings. The Hall–Kier alpha value is -3.09. The molecule has 2 rings (SSSR count). The molecular weight excluding hydrogens is 310 g/mol. The Bertz CT molecular complexity index is 678. The van der Waals surface area contributed by atoms with Gasteiger partial charge in [0, 0.05) is 0 Å². The number of carbonyl (C=O) groups excluding carboxylic acids is 2. The highest BCUT2D eigenvalue weighted by atomic mass is 16.5. The largest absolute Gasteiger partial charge is 0.494 e. The molecule has 126 valence electrons. The fraction of sp³-hybridized carbons (Fsp3) is 0.235. The number of amides is 2. The number of ether oxygens (including phenoxy) is 1. The predicted molar refractivity (Wildman–Crippen MR) is 88.5 cm³/mol. The van der Waals surface area contributed by atoms with Crippen molar-refractivity contribution in [3.63, 3.8) is 0 Å². The highest BCUT2D eigenvalue weighted by Gasteiger charge is 2.12. The number of hydrazone groups is 1. The zero-order valence-corrected chi connectivity index (χ0v) is 13.3. The molecule has 7 nitrogen and oxygen atoms in total. The van der Waals surface area contributed by atoms with Gasteiger partial charge in [0.05, 0.1) is 25.6 Å². The van der Waals surface area contributed by atoms with E-state index in [2.05, 4.69) is 15.8 Å². The molecule has 2 N–H and O–H groups in total. The van der Waals surface area contributed by atoms with E-state index >= 15 is 0 Å². The minimum Gasteiger partial charge on any atom is -0.494 e. The quantitative estimate of drug-likeness (QED) is 0.460. The van der Waals surface area contributed by atoms with Gasteiger partial charge in [0.2, 0.25) is 0 Å². The van der Waals surface area contributed by atoms with Crippen molar-refractivity contribution < 1.29 is 18.7 Å². The van der Waals surface area contributed by atoms with Gasteiger partial charge in [0.15, 0.2) is 0 Å². The number of hydrogen-bond donors (Lipinski definition) is 2. The van der Waals surface area contributed by atoms with Crippen molar-refractivity contribution in [1.29, 1.82) is 0 Å². The molecule has 0 radical (unpaired) electrons. The molecule has 1 heterocycles. The fourth-order valence-electron chi connectivity index (χ4n) is 1.75. The highest BCUT2D eigenvalue weighted by molar-refractivity contribution is 6.35. The Morgan fingerprint density at radius 3 is 2.67 bits per heavy atom. The van der Waals surface area contributed by atoms with Gasteiger partial charge in [0.1, 0.15) is 11.5 Å². The van der Waals surface area contributed by atoms with Gasteiger partial charge in [-0.3, -0.25) is 9.59 Å². The Balaban J connectivity index is 1.75. The van der Waals surface area contributed by atoms with Crippen LogP contribution < -0.4 is 15.5 Å². The lowest BCUT2D eigenvalue weighted by Gasteiger charge is -2.04. The van der Waals surface area contributed by atoms with E-state index in [1.807, 2.05) is 19.1 Å². The molecule has 0 spiro atoms. The molecule has 1 aromatic carbocycles. The second-order valence-corrected chi connectivity index (χ2v) is 4.88. The molecule has 0 saturated carbocycles. The number of nitrogens with one attached hydrogen (secondary N) is 2. The second kappa shape index (κ2) is 9.14. The lowest BCUT2D eigenvalue weighted by atomic mass is 10.2. The number of carbonyl (C=O) groups is 2. The predicted octanol–water partition coefficient (Wildman–Crippen LogP) is 1.83. The van der Waals surface area contributed by atoms with Crippen LogP contribution >= 0.6 is 0 Å².